The quantitative estimate of drug-likeness (QED) is 0.361. The first-order valence-electron chi connectivity index (χ1n) is 4.65. The molecule has 0 heterocycles. The summed E-state index contributed by atoms with van der Waals surface area (Å²) in [5.41, 5.74) is 2.66. The van der Waals surface area contributed by atoms with Crippen molar-refractivity contribution in [3.05, 3.63) is 34.6 Å². The van der Waals surface area contributed by atoms with Crippen molar-refractivity contribution in [2.75, 3.05) is 6.54 Å². The molecule has 0 radical (unpaired) electrons. The number of hydrogen-bond donors (Lipinski definition) is 2. The smallest absolute Gasteiger partial charge is 0.145 e. The zero-order valence-electron chi connectivity index (χ0n) is 8.43. The molecular formula is C10H13ClFN3. The Morgan fingerprint density at radius 2 is 2.33 bits per heavy atom. The Hall–Kier alpha value is -1.13. The lowest BCUT2D eigenvalue weighted by atomic mass is 10.2. The highest BCUT2D eigenvalue weighted by atomic mass is 35.5. The van der Waals surface area contributed by atoms with Crippen molar-refractivity contribution < 1.29 is 4.39 Å². The lowest BCUT2D eigenvalue weighted by molar-refractivity contribution is 0.623. The third-order valence-corrected chi connectivity index (χ3v) is 2.05. The number of rotatable bonds is 3. The average molecular weight is 230 g/mol. The Morgan fingerprint density at radius 1 is 1.60 bits per heavy atom. The van der Waals surface area contributed by atoms with E-state index in [0.717, 1.165) is 6.42 Å². The maximum atomic E-state index is 13.4. The third-order valence-electron chi connectivity index (χ3n) is 1.81. The summed E-state index contributed by atoms with van der Waals surface area (Å²) in [6.07, 6.45) is 0.868. The van der Waals surface area contributed by atoms with E-state index in [1.54, 1.807) is 0 Å². The van der Waals surface area contributed by atoms with E-state index in [9.17, 15) is 4.39 Å². The van der Waals surface area contributed by atoms with Crippen molar-refractivity contribution >= 4 is 17.4 Å². The summed E-state index contributed by atoms with van der Waals surface area (Å²) in [5.74, 6) is 5.19. The molecule has 1 rings (SSSR count). The zero-order chi connectivity index (χ0) is 11.3. The Bertz CT molecular complexity index is 366. The number of benzene rings is 1. The molecule has 0 aromatic heterocycles. The first kappa shape index (κ1) is 11.9. The van der Waals surface area contributed by atoms with E-state index in [2.05, 4.69) is 10.4 Å². The molecule has 0 fully saturated rings. The van der Waals surface area contributed by atoms with Gasteiger partial charge in [0.2, 0.25) is 0 Å². The minimum atomic E-state index is -0.396. The van der Waals surface area contributed by atoms with Crippen LogP contribution < -0.4 is 11.3 Å². The maximum Gasteiger partial charge on any atom is 0.145 e. The lowest BCUT2D eigenvalue weighted by Crippen LogP contribution is -2.32. The predicted octanol–water partition coefficient (Wildman–Crippen LogP) is 2.10. The van der Waals surface area contributed by atoms with Crippen LogP contribution in [0.5, 0.6) is 0 Å². The molecule has 0 aliphatic heterocycles. The summed E-state index contributed by atoms with van der Waals surface area (Å²) in [6.45, 7) is 2.57. The van der Waals surface area contributed by atoms with Gasteiger partial charge < -0.3 is 5.43 Å². The van der Waals surface area contributed by atoms with Gasteiger partial charge in [-0.2, -0.15) is 0 Å². The van der Waals surface area contributed by atoms with E-state index in [4.69, 9.17) is 17.4 Å². The fourth-order valence-electron chi connectivity index (χ4n) is 1.11. The van der Waals surface area contributed by atoms with Crippen LogP contribution in [-0.2, 0) is 0 Å². The SMILES string of the molecule is CCCN=C(NN)c1cc(Cl)ccc1F. The van der Waals surface area contributed by atoms with Crippen molar-refractivity contribution in [1.29, 1.82) is 0 Å². The Morgan fingerprint density at radius 3 is 2.93 bits per heavy atom. The van der Waals surface area contributed by atoms with Gasteiger partial charge in [0.15, 0.2) is 0 Å². The molecule has 0 bridgehead atoms. The van der Waals surface area contributed by atoms with Crippen molar-refractivity contribution in [2.45, 2.75) is 13.3 Å². The van der Waals surface area contributed by atoms with Crippen LogP contribution in [0.2, 0.25) is 5.02 Å². The second kappa shape index (κ2) is 5.68. The topological polar surface area (TPSA) is 50.4 Å². The first-order chi connectivity index (χ1) is 7.19. The van der Waals surface area contributed by atoms with Crippen molar-refractivity contribution in [2.24, 2.45) is 10.8 Å². The summed E-state index contributed by atoms with van der Waals surface area (Å²) < 4.78 is 13.4. The van der Waals surface area contributed by atoms with Gasteiger partial charge >= 0.3 is 0 Å². The van der Waals surface area contributed by atoms with Crippen LogP contribution in [0, 0.1) is 5.82 Å². The predicted molar refractivity (Wildman–Crippen MR) is 60.4 cm³/mol. The minimum Gasteiger partial charge on any atom is -0.308 e. The highest BCUT2D eigenvalue weighted by molar-refractivity contribution is 6.31. The normalized spacial score (nSPS) is 11.6. The van der Waals surface area contributed by atoms with Gasteiger partial charge in [0.05, 0.1) is 5.56 Å². The Balaban J connectivity index is 3.05. The monoisotopic (exact) mass is 229 g/mol. The number of hydrogen-bond acceptors (Lipinski definition) is 2. The van der Waals surface area contributed by atoms with Crippen LogP contribution in [-0.4, -0.2) is 12.4 Å². The van der Waals surface area contributed by atoms with Crippen molar-refractivity contribution in [3.63, 3.8) is 0 Å². The molecular weight excluding hydrogens is 217 g/mol. The number of hydrazine groups is 1. The summed E-state index contributed by atoms with van der Waals surface area (Å²) in [6, 6.07) is 4.26. The second-order valence-electron chi connectivity index (χ2n) is 3.00. The van der Waals surface area contributed by atoms with Gasteiger partial charge in [0.1, 0.15) is 11.7 Å². The first-order valence-corrected chi connectivity index (χ1v) is 5.03. The van der Waals surface area contributed by atoms with E-state index < -0.39 is 5.82 Å². The molecule has 0 saturated carbocycles. The van der Waals surface area contributed by atoms with Crippen LogP contribution in [0.25, 0.3) is 0 Å². The van der Waals surface area contributed by atoms with Gasteiger partial charge in [-0.3, -0.25) is 4.99 Å². The fraction of sp³-hybridized carbons (Fsp3) is 0.300. The molecule has 15 heavy (non-hydrogen) atoms. The Labute approximate surface area is 93.1 Å². The zero-order valence-corrected chi connectivity index (χ0v) is 9.18. The molecule has 0 aliphatic rings. The van der Waals surface area contributed by atoms with Crippen molar-refractivity contribution in [1.82, 2.24) is 5.43 Å². The third kappa shape index (κ3) is 3.18. The molecule has 5 heteroatoms. The molecule has 0 amide bonds. The highest BCUT2D eigenvalue weighted by Crippen LogP contribution is 2.14. The van der Waals surface area contributed by atoms with Crippen molar-refractivity contribution in [3.8, 4) is 0 Å². The van der Waals surface area contributed by atoms with Crippen LogP contribution in [0.4, 0.5) is 4.39 Å². The number of aliphatic imine (C=N–C) groups is 1. The van der Waals surface area contributed by atoms with Crippen LogP contribution in [0.15, 0.2) is 23.2 Å². The fourth-order valence-corrected chi connectivity index (χ4v) is 1.28. The second-order valence-corrected chi connectivity index (χ2v) is 3.44. The molecule has 0 aliphatic carbocycles. The van der Waals surface area contributed by atoms with E-state index >= 15 is 0 Å². The van der Waals surface area contributed by atoms with Crippen LogP contribution >= 0.6 is 11.6 Å². The van der Waals surface area contributed by atoms with Gasteiger partial charge in [-0.1, -0.05) is 18.5 Å². The Kier molecular flexibility index (Phi) is 4.52. The number of nitrogens with zero attached hydrogens (tertiary/aromatic N) is 1. The van der Waals surface area contributed by atoms with Crippen LogP contribution in [0.1, 0.15) is 18.9 Å². The molecule has 3 N–H and O–H groups in total. The summed E-state index contributed by atoms with van der Waals surface area (Å²) in [5, 5.41) is 0.450. The summed E-state index contributed by atoms with van der Waals surface area (Å²) >= 11 is 5.76. The standard InChI is InChI=1S/C10H13ClFN3/c1-2-5-14-10(15-13)8-6-7(11)3-4-9(8)12/h3-4,6H,2,5,13H2,1H3,(H,14,15). The number of nitrogens with two attached hydrogens (primary N) is 1. The van der Waals surface area contributed by atoms with E-state index in [-0.39, 0.29) is 0 Å². The number of nitrogens with one attached hydrogen (secondary N) is 1. The minimum absolute atomic E-state index is 0.290. The van der Waals surface area contributed by atoms with E-state index in [0.29, 0.717) is 23.0 Å². The average Bonchev–Trinajstić information content (AvgIpc) is 2.24. The summed E-state index contributed by atoms with van der Waals surface area (Å²) in [4.78, 5) is 4.11. The van der Waals surface area contributed by atoms with Gasteiger partial charge in [-0.05, 0) is 24.6 Å². The molecule has 0 atom stereocenters. The number of halogens is 2. The van der Waals surface area contributed by atoms with Gasteiger partial charge in [0.25, 0.3) is 0 Å². The van der Waals surface area contributed by atoms with E-state index in [1.807, 2.05) is 6.92 Å². The molecule has 0 unspecified atom stereocenters. The maximum absolute atomic E-state index is 13.4. The molecule has 3 nitrogen and oxygen atoms in total. The van der Waals surface area contributed by atoms with Gasteiger partial charge in [-0.25, -0.2) is 10.2 Å². The lowest BCUT2D eigenvalue weighted by Gasteiger charge is -2.07. The molecule has 1 aromatic rings. The summed E-state index contributed by atoms with van der Waals surface area (Å²) in [7, 11) is 0. The van der Waals surface area contributed by atoms with Gasteiger partial charge in [-0.15, -0.1) is 0 Å². The van der Waals surface area contributed by atoms with Crippen LogP contribution in [0.3, 0.4) is 0 Å². The molecule has 82 valence electrons. The number of amidine groups is 1. The molecule has 0 saturated heterocycles. The molecule has 0 spiro atoms. The van der Waals surface area contributed by atoms with Gasteiger partial charge in [0, 0.05) is 11.6 Å². The van der Waals surface area contributed by atoms with E-state index in [1.165, 1.54) is 18.2 Å². The molecule has 1 aromatic carbocycles. The largest absolute Gasteiger partial charge is 0.308 e. The highest BCUT2D eigenvalue weighted by Gasteiger charge is 2.08.